The van der Waals surface area contributed by atoms with E-state index in [4.69, 9.17) is 0 Å². The lowest BCUT2D eigenvalue weighted by molar-refractivity contribution is 0.105. The number of hydrogen-bond acceptors (Lipinski definition) is 0. The van der Waals surface area contributed by atoms with Crippen LogP contribution >= 0.6 is 15.9 Å². The Morgan fingerprint density at radius 2 is 1.36 bits per heavy atom. The van der Waals surface area contributed by atoms with Crippen LogP contribution in [0.1, 0.15) is 35.6 Å². The monoisotopic (exact) mass is 414 g/mol. The first-order chi connectivity index (χ1) is 11.8. The summed E-state index contributed by atoms with van der Waals surface area (Å²) >= 11 is 2.00. The number of hydrogen-bond donors (Lipinski definition) is 0. The standard InChI is InChI=1S/C20H19BrF4/c1-2-3-4-5-14-6-8-15(9-7-14)10-11-16-12-17(22)19(18(23)13-16)20(21,24)25/h2-3,6-9,12-13H,4-5,10-11H2,1H3. The van der Waals surface area contributed by atoms with Gasteiger partial charge in [-0.2, -0.15) is 8.78 Å². The van der Waals surface area contributed by atoms with Crippen molar-refractivity contribution in [1.82, 2.24) is 0 Å². The van der Waals surface area contributed by atoms with E-state index in [9.17, 15) is 17.6 Å². The zero-order chi connectivity index (χ0) is 18.4. The van der Waals surface area contributed by atoms with Crippen LogP contribution in [0.4, 0.5) is 17.6 Å². The van der Waals surface area contributed by atoms with Gasteiger partial charge in [0.25, 0.3) is 0 Å². The van der Waals surface area contributed by atoms with Gasteiger partial charge in [0.15, 0.2) is 0 Å². The molecule has 0 aliphatic heterocycles. The highest BCUT2D eigenvalue weighted by Gasteiger charge is 2.34. The summed E-state index contributed by atoms with van der Waals surface area (Å²) in [4.78, 5) is -3.72. The van der Waals surface area contributed by atoms with Crippen LogP contribution in [0.2, 0.25) is 0 Å². The van der Waals surface area contributed by atoms with Gasteiger partial charge in [-0.15, -0.1) is 0 Å². The van der Waals surface area contributed by atoms with Gasteiger partial charge in [0.2, 0.25) is 0 Å². The largest absolute Gasteiger partial charge is 0.332 e. The molecule has 2 aromatic carbocycles. The van der Waals surface area contributed by atoms with Crippen molar-refractivity contribution in [2.24, 2.45) is 0 Å². The molecule has 0 heterocycles. The Morgan fingerprint density at radius 1 is 0.880 bits per heavy atom. The topological polar surface area (TPSA) is 0 Å². The summed E-state index contributed by atoms with van der Waals surface area (Å²) in [6.45, 7) is 1.99. The minimum absolute atomic E-state index is 0.354. The van der Waals surface area contributed by atoms with Gasteiger partial charge in [-0.1, -0.05) is 36.4 Å². The van der Waals surface area contributed by atoms with E-state index in [0.717, 1.165) is 30.5 Å². The van der Waals surface area contributed by atoms with Crippen LogP contribution in [-0.2, 0) is 24.1 Å². The van der Waals surface area contributed by atoms with Crippen molar-refractivity contribution < 1.29 is 17.6 Å². The molecule has 0 amide bonds. The first-order valence-corrected chi connectivity index (χ1v) is 8.84. The third kappa shape index (κ3) is 5.70. The van der Waals surface area contributed by atoms with Gasteiger partial charge < -0.3 is 0 Å². The summed E-state index contributed by atoms with van der Waals surface area (Å²) in [5, 5.41) is 0. The summed E-state index contributed by atoms with van der Waals surface area (Å²) in [6, 6.07) is 9.98. The minimum atomic E-state index is -3.72. The smallest absolute Gasteiger partial charge is 0.206 e. The summed E-state index contributed by atoms with van der Waals surface area (Å²) in [5.41, 5.74) is 1.36. The molecule has 25 heavy (non-hydrogen) atoms. The molecule has 0 aliphatic carbocycles. The average Bonchev–Trinajstić information content (AvgIpc) is 2.52. The Labute approximate surface area is 153 Å². The fourth-order valence-electron chi connectivity index (χ4n) is 2.62. The number of rotatable bonds is 7. The predicted octanol–water partition coefficient (Wildman–Crippen LogP) is 6.70. The van der Waals surface area contributed by atoms with Crippen molar-refractivity contribution in [1.29, 1.82) is 0 Å². The molecule has 0 aromatic heterocycles. The van der Waals surface area contributed by atoms with Crippen molar-refractivity contribution in [2.75, 3.05) is 0 Å². The molecule has 0 radical (unpaired) electrons. The molecule has 0 unspecified atom stereocenters. The van der Waals surface area contributed by atoms with E-state index in [1.54, 1.807) is 0 Å². The molecule has 0 aliphatic rings. The SMILES string of the molecule is CC=CCCc1ccc(CCc2cc(F)c(C(F)(F)Br)c(F)c2)cc1. The van der Waals surface area contributed by atoms with Crippen molar-refractivity contribution in [3.63, 3.8) is 0 Å². The molecular formula is C20H19BrF4. The number of alkyl halides is 3. The zero-order valence-electron chi connectivity index (χ0n) is 13.8. The lowest BCUT2D eigenvalue weighted by Gasteiger charge is -2.12. The maximum atomic E-state index is 13.8. The minimum Gasteiger partial charge on any atom is -0.206 e. The van der Waals surface area contributed by atoms with Gasteiger partial charge in [-0.05, 0) is 77.4 Å². The maximum Gasteiger partial charge on any atom is 0.332 e. The zero-order valence-corrected chi connectivity index (χ0v) is 15.4. The molecule has 2 rings (SSSR count). The van der Waals surface area contributed by atoms with Crippen LogP contribution < -0.4 is 0 Å². The van der Waals surface area contributed by atoms with E-state index in [2.05, 4.69) is 6.08 Å². The number of allylic oxidation sites excluding steroid dienone is 2. The Hall–Kier alpha value is -1.62. The lowest BCUT2D eigenvalue weighted by Crippen LogP contribution is -2.10. The molecule has 0 N–H and O–H groups in total. The van der Waals surface area contributed by atoms with Crippen LogP contribution in [0.25, 0.3) is 0 Å². The van der Waals surface area contributed by atoms with E-state index < -0.39 is 22.0 Å². The third-order valence-corrected chi connectivity index (χ3v) is 4.34. The van der Waals surface area contributed by atoms with E-state index in [1.165, 1.54) is 5.56 Å². The van der Waals surface area contributed by atoms with Crippen LogP contribution in [0.15, 0.2) is 48.6 Å². The molecule has 5 heteroatoms. The summed E-state index contributed by atoms with van der Waals surface area (Å²) in [7, 11) is 0. The Kier molecular flexibility index (Phi) is 6.82. The van der Waals surface area contributed by atoms with Gasteiger partial charge in [-0.25, -0.2) is 8.78 Å². The molecule has 0 fully saturated rings. The van der Waals surface area contributed by atoms with Gasteiger partial charge in [0, 0.05) is 0 Å². The number of halogens is 5. The number of benzene rings is 2. The Balaban J connectivity index is 2.02. The average molecular weight is 415 g/mol. The Bertz CT molecular complexity index is 707. The molecular weight excluding hydrogens is 396 g/mol. The second-order valence-electron chi connectivity index (χ2n) is 5.86. The van der Waals surface area contributed by atoms with E-state index >= 15 is 0 Å². The third-order valence-electron chi connectivity index (χ3n) is 3.95. The molecule has 0 atom stereocenters. The normalized spacial score (nSPS) is 12.1. The molecule has 0 bridgehead atoms. The van der Waals surface area contributed by atoms with Gasteiger partial charge >= 0.3 is 4.83 Å². The van der Waals surface area contributed by atoms with Crippen molar-refractivity contribution >= 4 is 15.9 Å². The fraction of sp³-hybridized carbons (Fsp3) is 0.300. The van der Waals surface area contributed by atoms with E-state index in [-0.39, 0.29) is 0 Å². The second-order valence-corrected chi connectivity index (χ2v) is 6.85. The fourth-order valence-corrected chi connectivity index (χ4v) is 3.00. The highest BCUT2D eigenvalue weighted by atomic mass is 79.9. The molecule has 0 saturated carbocycles. The maximum absolute atomic E-state index is 13.8. The summed E-state index contributed by atoms with van der Waals surface area (Å²) < 4.78 is 53.8. The van der Waals surface area contributed by atoms with E-state index in [0.29, 0.717) is 18.4 Å². The van der Waals surface area contributed by atoms with Gasteiger partial charge in [0.05, 0.1) is 0 Å². The predicted molar refractivity (Wildman–Crippen MR) is 96.2 cm³/mol. The molecule has 0 nitrogen and oxygen atoms in total. The summed E-state index contributed by atoms with van der Waals surface area (Å²) in [5.74, 6) is -2.48. The quantitative estimate of drug-likeness (QED) is 0.268. The first-order valence-electron chi connectivity index (χ1n) is 8.05. The molecule has 134 valence electrons. The van der Waals surface area contributed by atoms with Crippen LogP contribution in [0.3, 0.4) is 0 Å². The summed E-state index contributed by atoms with van der Waals surface area (Å²) in [6.07, 6.45) is 7.03. The molecule has 0 spiro atoms. The van der Waals surface area contributed by atoms with Crippen molar-refractivity contribution in [3.05, 3.63) is 82.4 Å². The van der Waals surface area contributed by atoms with Gasteiger partial charge in [-0.3, -0.25) is 0 Å². The van der Waals surface area contributed by atoms with E-state index in [1.807, 2.05) is 53.2 Å². The van der Waals surface area contributed by atoms with Crippen LogP contribution in [-0.4, -0.2) is 0 Å². The lowest BCUT2D eigenvalue weighted by atomic mass is 10.0. The van der Waals surface area contributed by atoms with Crippen LogP contribution in [0, 0.1) is 11.6 Å². The van der Waals surface area contributed by atoms with Crippen molar-refractivity contribution in [3.8, 4) is 0 Å². The van der Waals surface area contributed by atoms with Gasteiger partial charge in [0.1, 0.15) is 17.2 Å². The Morgan fingerprint density at radius 3 is 1.84 bits per heavy atom. The van der Waals surface area contributed by atoms with Crippen molar-refractivity contribution in [2.45, 2.75) is 37.4 Å². The second kappa shape index (κ2) is 8.65. The molecule has 0 saturated heterocycles. The van der Waals surface area contributed by atoms with Crippen LogP contribution in [0.5, 0.6) is 0 Å². The highest BCUT2D eigenvalue weighted by Crippen LogP contribution is 2.38. The highest BCUT2D eigenvalue weighted by molar-refractivity contribution is 9.09. The molecule has 2 aromatic rings. The first kappa shape index (κ1) is 19.7. The number of aryl methyl sites for hydroxylation is 3.